The number of nitrogens with zero attached hydrogens (tertiary/aromatic N) is 3. The number of carbonyl (C=O) groups excluding carboxylic acids is 1. The zero-order chi connectivity index (χ0) is 18.8. The number of aryl methyl sites for hydroxylation is 2. The lowest BCUT2D eigenvalue weighted by Gasteiger charge is -2.09. The summed E-state index contributed by atoms with van der Waals surface area (Å²) < 4.78 is 1.01. The van der Waals surface area contributed by atoms with E-state index >= 15 is 0 Å². The van der Waals surface area contributed by atoms with Gasteiger partial charge in [0, 0.05) is 12.1 Å². The van der Waals surface area contributed by atoms with E-state index in [9.17, 15) is 19.5 Å². The van der Waals surface area contributed by atoms with Crippen LogP contribution >= 0.6 is 0 Å². The standard InChI is InChI=1S/C17H15N5O4/c1-9-4-3-5-11(6-9)22-15(25)7-12(23)16(21-22)17(26)20-13-8-14(24)19-10(2)18-13/h3-8,23H,1-2H3,(H2,18,19,20,24,26). The predicted molar refractivity (Wildman–Crippen MR) is 93.8 cm³/mol. The molecule has 0 unspecified atom stereocenters. The first-order valence-corrected chi connectivity index (χ1v) is 7.63. The second kappa shape index (κ2) is 6.63. The monoisotopic (exact) mass is 353 g/mol. The quantitative estimate of drug-likeness (QED) is 0.641. The van der Waals surface area contributed by atoms with Crippen molar-refractivity contribution in [3.05, 3.63) is 74.2 Å². The van der Waals surface area contributed by atoms with Crippen LogP contribution in [0, 0.1) is 13.8 Å². The first-order chi connectivity index (χ1) is 12.3. The number of carbonyl (C=O) groups is 1. The Morgan fingerprint density at radius 2 is 1.96 bits per heavy atom. The van der Waals surface area contributed by atoms with Gasteiger partial charge in [-0.05, 0) is 31.5 Å². The molecule has 0 saturated heterocycles. The van der Waals surface area contributed by atoms with Crippen LogP contribution in [0.1, 0.15) is 21.9 Å². The Morgan fingerprint density at radius 1 is 1.19 bits per heavy atom. The van der Waals surface area contributed by atoms with Crippen molar-refractivity contribution >= 4 is 11.7 Å². The SMILES string of the molecule is Cc1cccc(-n2nc(C(=O)Nc3cc(=O)[nH]c(C)n3)c(O)cc2=O)c1. The number of hydrogen-bond acceptors (Lipinski definition) is 6. The van der Waals surface area contributed by atoms with Crippen molar-refractivity contribution in [1.29, 1.82) is 0 Å². The van der Waals surface area contributed by atoms with Gasteiger partial charge >= 0.3 is 0 Å². The number of benzene rings is 1. The molecule has 3 rings (SSSR count). The van der Waals surface area contributed by atoms with E-state index in [1.165, 1.54) is 0 Å². The van der Waals surface area contributed by atoms with E-state index in [0.717, 1.165) is 22.4 Å². The van der Waals surface area contributed by atoms with Crippen molar-refractivity contribution in [2.75, 3.05) is 5.32 Å². The molecule has 9 heteroatoms. The number of aromatic amines is 1. The van der Waals surface area contributed by atoms with Crippen molar-refractivity contribution < 1.29 is 9.90 Å². The van der Waals surface area contributed by atoms with Crippen LogP contribution in [0.4, 0.5) is 5.82 Å². The molecule has 0 aliphatic rings. The van der Waals surface area contributed by atoms with Crippen LogP contribution in [0.3, 0.4) is 0 Å². The van der Waals surface area contributed by atoms with Crippen LogP contribution in [-0.2, 0) is 0 Å². The Bertz CT molecular complexity index is 1120. The second-order valence-electron chi connectivity index (χ2n) is 5.64. The predicted octanol–water partition coefficient (Wildman–Crippen LogP) is 0.891. The van der Waals surface area contributed by atoms with Gasteiger partial charge in [-0.1, -0.05) is 12.1 Å². The Morgan fingerprint density at radius 3 is 2.65 bits per heavy atom. The molecule has 0 aliphatic heterocycles. The van der Waals surface area contributed by atoms with E-state index in [4.69, 9.17) is 0 Å². The van der Waals surface area contributed by atoms with Crippen LogP contribution in [0.5, 0.6) is 5.75 Å². The minimum atomic E-state index is -0.804. The molecular weight excluding hydrogens is 338 g/mol. The normalized spacial score (nSPS) is 10.5. The molecule has 0 bridgehead atoms. The molecule has 0 fully saturated rings. The molecule has 2 heterocycles. The molecule has 9 nitrogen and oxygen atoms in total. The first-order valence-electron chi connectivity index (χ1n) is 7.63. The molecule has 0 radical (unpaired) electrons. The van der Waals surface area contributed by atoms with Gasteiger partial charge in [-0.25, -0.2) is 4.98 Å². The lowest BCUT2D eigenvalue weighted by molar-refractivity contribution is 0.101. The van der Waals surface area contributed by atoms with Crippen LogP contribution < -0.4 is 16.4 Å². The highest BCUT2D eigenvalue weighted by Crippen LogP contribution is 2.15. The largest absolute Gasteiger partial charge is 0.505 e. The fraction of sp³-hybridized carbons (Fsp3) is 0.118. The smallest absolute Gasteiger partial charge is 0.281 e. The molecule has 3 aromatic rings. The third-order valence-corrected chi connectivity index (χ3v) is 3.47. The number of hydrogen-bond donors (Lipinski definition) is 3. The lowest BCUT2D eigenvalue weighted by atomic mass is 10.2. The molecule has 1 amide bonds. The topological polar surface area (TPSA) is 130 Å². The van der Waals surface area contributed by atoms with Gasteiger partial charge in [0.15, 0.2) is 11.4 Å². The van der Waals surface area contributed by atoms with Crippen molar-refractivity contribution in [3.63, 3.8) is 0 Å². The number of aromatic hydroxyl groups is 1. The summed E-state index contributed by atoms with van der Waals surface area (Å²) in [6.45, 7) is 3.41. The molecule has 0 saturated carbocycles. The summed E-state index contributed by atoms with van der Waals surface area (Å²) in [4.78, 5) is 42.4. The maximum atomic E-state index is 12.4. The van der Waals surface area contributed by atoms with Gasteiger partial charge in [-0.2, -0.15) is 9.78 Å². The summed E-state index contributed by atoms with van der Waals surface area (Å²) in [6, 6.07) is 8.97. The maximum Gasteiger partial charge on any atom is 0.281 e. The van der Waals surface area contributed by atoms with Crippen molar-refractivity contribution in [3.8, 4) is 11.4 Å². The minimum Gasteiger partial charge on any atom is -0.505 e. The fourth-order valence-corrected chi connectivity index (χ4v) is 2.37. The van der Waals surface area contributed by atoms with E-state index in [1.54, 1.807) is 25.1 Å². The number of H-pyrrole nitrogens is 1. The molecule has 0 atom stereocenters. The molecule has 3 N–H and O–H groups in total. The fourth-order valence-electron chi connectivity index (χ4n) is 2.37. The lowest BCUT2D eigenvalue weighted by Crippen LogP contribution is -2.26. The van der Waals surface area contributed by atoms with Crippen molar-refractivity contribution in [2.45, 2.75) is 13.8 Å². The van der Waals surface area contributed by atoms with Crippen LogP contribution in [0.15, 0.2) is 46.0 Å². The summed E-state index contributed by atoms with van der Waals surface area (Å²) in [5.74, 6) is -1.06. The number of rotatable bonds is 3. The van der Waals surface area contributed by atoms with Crippen LogP contribution in [0.2, 0.25) is 0 Å². The number of amides is 1. The molecule has 2 aromatic heterocycles. The summed E-state index contributed by atoms with van der Waals surface area (Å²) in [7, 11) is 0. The van der Waals surface area contributed by atoms with E-state index in [2.05, 4.69) is 20.4 Å². The Labute approximate surface area is 147 Å². The first kappa shape index (κ1) is 17.1. The highest BCUT2D eigenvalue weighted by molar-refractivity contribution is 6.03. The van der Waals surface area contributed by atoms with E-state index in [1.807, 2.05) is 13.0 Å². The van der Waals surface area contributed by atoms with Gasteiger partial charge in [0.1, 0.15) is 11.6 Å². The minimum absolute atomic E-state index is 0.00533. The van der Waals surface area contributed by atoms with Crippen molar-refractivity contribution in [2.24, 2.45) is 0 Å². The third-order valence-electron chi connectivity index (χ3n) is 3.47. The van der Waals surface area contributed by atoms with Gasteiger partial charge < -0.3 is 15.4 Å². The zero-order valence-electron chi connectivity index (χ0n) is 14.0. The number of aromatic nitrogens is 4. The molecule has 0 spiro atoms. The van der Waals surface area contributed by atoms with E-state index in [-0.39, 0.29) is 11.5 Å². The molecular formula is C17H15N5O4. The van der Waals surface area contributed by atoms with Crippen LogP contribution in [-0.4, -0.2) is 30.8 Å². The zero-order valence-corrected chi connectivity index (χ0v) is 14.0. The summed E-state index contributed by atoms with van der Waals surface area (Å²) in [6.07, 6.45) is 0. The average molecular weight is 353 g/mol. The Kier molecular flexibility index (Phi) is 4.36. The van der Waals surface area contributed by atoms with E-state index < -0.39 is 22.8 Å². The summed E-state index contributed by atoms with van der Waals surface area (Å²) >= 11 is 0. The molecule has 26 heavy (non-hydrogen) atoms. The third kappa shape index (κ3) is 3.51. The van der Waals surface area contributed by atoms with E-state index in [0.29, 0.717) is 11.5 Å². The Balaban J connectivity index is 2.02. The van der Waals surface area contributed by atoms with Gasteiger partial charge in [0.25, 0.3) is 17.0 Å². The average Bonchev–Trinajstić information content (AvgIpc) is 2.53. The summed E-state index contributed by atoms with van der Waals surface area (Å²) in [5.41, 5.74) is -0.0389. The molecule has 0 aliphatic carbocycles. The van der Waals surface area contributed by atoms with Crippen molar-refractivity contribution in [1.82, 2.24) is 19.7 Å². The number of anilines is 1. The summed E-state index contributed by atoms with van der Waals surface area (Å²) in [5, 5.41) is 16.3. The van der Waals surface area contributed by atoms with Gasteiger partial charge in [0.2, 0.25) is 0 Å². The van der Waals surface area contributed by atoms with Gasteiger partial charge in [-0.15, -0.1) is 0 Å². The highest BCUT2D eigenvalue weighted by atomic mass is 16.3. The Hall–Kier alpha value is -3.75. The molecule has 1 aromatic carbocycles. The highest BCUT2D eigenvalue weighted by Gasteiger charge is 2.18. The maximum absolute atomic E-state index is 12.4. The molecule has 132 valence electrons. The number of nitrogens with one attached hydrogen (secondary N) is 2. The van der Waals surface area contributed by atoms with Gasteiger partial charge in [0.05, 0.1) is 5.69 Å². The van der Waals surface area contributed by atoms with Gasteiger partial charge in [-0.3, -0.25) is 14.4 Å². The second-order valence-corrected chi connectivity index (χ2v) is 5.64. The van der Waals surface area contributed by atoms with Crippen LogP contribution in [0.25, 0.3) is 5.69 Å².